The van der Waals surface area contributed by atoms with E-state index < -0.39 is 29.4 Å². The molecule has 7 nitrogen and oxygen atoms in total. The Hall–Kier alpha value is -1.63. The van der Waals surface area contributed by atoms with E-state index in [4.69, 9.17) is 11.5 Å². The van der Waals surface area contributed by atoms with Crippen molar-refractivity contribution >= 4 is 17.8 Å². The van der Waals surface area contributed by atoms with Gasteiger partial charge in [-0.1, -0.05) is 0 Å². The van der Waals surface area contributed by atoms with E-state index in [0.29, 0.717) is 0 Å². The average Bonchev–Trinajstić information content (AvgIpc) is 2.13. The summed E-state index contributed by atoms with van der Waals surface area (Å²) in [7, 11) is 0. The van der Waals surface area contributed by atoms with Crippen molar-refractivity contribution in [3.05, 3.63) is 0 Å². The van der Waals surface area contributed by atoms with Crippen LogP contribution in [0.25, 0.3) is 0 Å². The van der Waals surface area contributed by atoms with Crippen molar-refractivity contribution in [1.82, 2.24) is 5.32 Å². The summed E-state index contributed by atoms with van der Waals surface area (Å²) >= 11 is 0. The summed E-state index contributed by atoms with van der Waals surface area (Å²) < 4.78 is 4.60. The van der Waals surface area contributed by atoms with Gasteiger partial charge < -0.3 is 21.5 Å². The van der Waals surface area contributed by atoms with E-state index in [1.54, 1.807) is 20.8 Å². The van der Waals surface area contributed by atoms with Gasteiger partial charge in [-0.15, -0.1) is 0 Å². The molecule has 17 heavy (non-hydrogen) atoms. The third-order valence-electron chi connectivity index (χ3n) is 1.90. The minimum absolute atomic E-state index is 0.0473. The Balaban J connectivity index is 4.43. The summed E-state index contributed by atoms with van der Waals surface area (Å²) in [5.74, 6) is -2.06. The Kier molecular flexibility index (Phi) is 5.60. The number of nitrogens with two attached hydrogens (primary N) is 2. The highest BCUT2D eigenvalue weighted by molar-refractivity contribution is 6.02. The Bertz CT molecular complexity index is 315. The van der Waals surface area contributed by atoms with Crippen molar-refractivity contribution in [3.8, 4) is 0 Å². The molecule has 0 bridgehead atoms. The van der Waals surface area contributed by atoms with Crippen LogP contribution >= 0.6 is 0 Å². The Morgan fingerprint density at radius 3 is 2.29 bits per heavy atom. The van der Waals surface area contributed by atoms with Gasteiger partial charge in [0.1, 0.15) is 0 Å². The minimum atomic E-state index is -1.40. The molecule has 0 aromatic heterocycles. The predicted octanol–water partition coefficient (Wildman–Crippen LogP) is -1.35. The van der Waals surface area contributed by atoms with Crippen LogP contribution in [-0.4, -0.2) is 36.0 Å². The fourth-order valence-electron chi connectivity index (χ4n) is 1.23. The number of carbonyl (C=O) groups is 3. The standard InChI is InChI=1S/C10H19N3O4/c1-4-17-9(16)7(12)8(15)13-10(2,3)5-6(11)14/h7H,4-5,12H2,1-3H3,(H2,11,14)(H,13,15). The third kappa shape index (κ3) is 5.86. The van der Waals surface area contributed by atoms with Crippen LogP contribution in [0.4, 0.5) is 0 Å². The van der Waals surface area contributed by atoms with Crippen molar-refractivity contribution < 1.29 is 19.1 Å². The lowest BCUT2D eigenvalue weighted by molar-refractivity contribution is -0.148. The first-order chi connectivity index (χ1) is 7.69. The molecule has 0 aliphatic rings. The van der Waals surface area contributed by atoms with Crippen molar-refractivity contribution in [3.63, 3.8) is 0 Å². The lowest BCUT2D eigenvalue weighted by Crippen LogP contribution is -2.54. The summed E-state index contributed by atoms with van der Waals surface area (Å²) in [6, 6.07) is -1.40. The van der Waals surface area contributed by atoms with Crippen LogP contribution in [-0.2, 0) is 19.1 Å². The molecule has 7 heteroatoms. The Labute approximate surface area is 99.9 Å². The molecule has 0 aliphatic heterocycles. The van der Waals surface area contributed by atoms with E-state index in [1.165, 1.54) is 0 Å². The molecule has 0 fully saturated rings. The van der Waals surface area contributed by atoms with E-state index in [0.717, 1.165) is 0 Å². The number of hydrogen-bond acceptors (Lipinski definition) is 5. The summed E-state index contributed by atoms with van der Waals surface area (Å²) in [4.78, 5) is 33.5. The number of ether oxygens (including phenoxy) is 1. The number of primary amides is 1. The van der Waals surface area contributed by atoms with Crippen LogP contribution < -0.4 is 16.8 Å². The average molecular weight is 245 g/mol. The molecule has 0 aliphatic carbocycles. The number of hydrogen-bond donors (Lipinski definition) is 3. The molecule has 5 N–H and O–H groups in total. The molecular formula is C10H19N3O4. The summed E-state index contributed by atoms with van der Waals surface area (Å²) in [5.41, 5.74) is 9.55. The van der Waals surface area contributed by atoms with Crippen molar-refractivity contribution in [1.29, 1.82) is 0 Å². The molecule has 1 atom stereocenters. The fourth-order valence-corrected chi connectivity index (χ4v) is 1.23. The van der Waals surface area contributed by atoms with Crippen molar-refractivity contribution in [2.45, 2.75) is 38.8 Å². The molecule has 98 valence electrons. The summed E-state index contributed by atoms with van der Waals surface area (Å²) in [5, 5.41) is 2.46. The molecule has 1 unspecified atom stereocenters. The number of carbonyl (C=O) groups excluding carboxylic acids is 3. The lowest BCUT2D eigenvalue weighted by atomic mass is 10.00. The topological polar surface area (TPSA) is 125 Å². The van der Waals surface area contributed by atoms with Gasteiger partial charge in [0.15, 0.2) is 6.04 Å². The fraction of sp³-hybridized carbons (Fsp3) is 0.700. The maximum atomic E-state index is 11.6. The molecule has 0 spiro atoms. The molecule has 0 saturated carbocycles. The second-order valence-corrected chi connectivity index (χ2v) is 4.25. The van der Waals surface area contributed by atoms with Crippen LogP contribution in [0, 0.1) is 0 Å². The highest BCUT2D eigenvalue weighted by Gasteiger charge is 2.29. The van der Waals surface area contributed by atoms with Crippen LogP contribution in [0.5, 0.6) is 0 Å². The van der Waals surface area contributed by atoms with Gasteiger partial charge in [-0.25, -0.2) is 4.79 Å². The molecule has 0 aromatic carbocycles. The van der Waals surface area contributed by atoms with Crippen LogP contribution in [0.3, 0.4) is 0 Å². The number of nitrogens with one attached hydrogen (secondary N) is 1. The largest absolute Gasteiger partial charge is 0.464 e. The zero-order valence-electron chi connectivity index (χ0n) is 10.3. The SMILES string of the molecule is CCOC(=O)C(N)C(=O)NC(C)(C)CC(N)=O. The Morgan fingerprint density at radius 2 is 1.88 bits per heavy atom. The van der Waals surface area contributed by atoms with E-state index in [-0.39, 0.29) is 13.0 Å². The molecule has 0 rings (SSSR count). The van der Waals surface area contributed by atoms with Gasteiger partial charge in [-0.2, -0.15) is 0 Å². The molecule has 0 saturated heterocycles. The minimum Gasteiger partial charge on any atom is -0.464 e. The molecule has 0 heterocycles. The zero-order valence-corrected chi connectivity index (χ0v) is 10.3. The van der Waals surface area contributed by atoms with Crippen molar-refractivity contribution in [2.75, 3.05) is 6.61 Å². The molecule has 0 radical (unpaired) electrons. The quantitative estimate of drug-likeness (QED) is 0.394. The van der Waals surface area contributed by atoms with Crippen LogP contribution in [0.2, 0.25) is 0 Å². The molecular weight excluding hydrogens is 226 g/mol. The summed E-state index contributed by atoms with van der Waals surface area (Å²) in [6.45, 7) is 4.96. The normalized spacial score (nSPS) is 12.7. The zero-order chi connectivity index (χ0) is 13.6. The smallest absolute Gasteiger partial charge is 0.332 e. The summed E-state index contributed by atoms with van der Waals surface area (Å²) in [6.07, 6.45) is -0.0473. The van der Waals surface area contributed by atoms with Gasteiger partial charge in [0.2, 0.25) is 11.8 Å². The van der Waals surface area contributed by atoms with Gasteiger partial charge in [0.25, 0.3) is 0 Å². The van der Waals surface area contributed by atoms with Gasteiger partial charge >= 0.3 is 5.97 Å². The highest BCUT2D eigenvalue weighted by atomic mass is 16.5. The maximum Gasteiger partial charge on any atom is 0.332 e. The third-order valence-corrected chi connectivity index (χ3v) is 1.90. The van der Waals surface area contributed by atoms with Crippen LogP contribution in [0.15, 0.2) is 0 Å². The van der Waals surface area contributed by atoms with Crippen molar-refractivity contribution in [2.24, 2.45) is 11.5 Å². The van der Waals surface area contributed by atoms with E-state index >= 15 is 0 Å². The van der Waals surface area contributed by atoms with E-state index in [9.17, 15) is 14.4 Å². The van der Waals surface area contributed by atoms with Gasteiger partial charge in [0, 0.05) is 12.0 Å². The first kappa shape index (κ1) is 15.4. The van der Waals surface area contributed by atoms with Gasteiger partial charge in [-0.05, 0) is 20.8 Å². The monoisotopic (exact) mass is 245 g/mol. The van der Waals surface area contributed by atoms with E-state index in [1.807, 2.05) is 0 Å². The predicted molar refractivity (Wildman–Crippen MR) is 60.6 cm³/mol. The number of amides is 2. The highest BCUT2D eigenvalue weighted by Crippen LogP contribution is 2.07. The van der Waals surface area contributed by atoms with Gasteiger partial charge in [0.05, 0.1) is 6.61 Å². The molecule has 0 aromatic rings. The second kappa shape index (κ2) is 6.19. The van der Waals surface area contributed by atoms with E-state index in [2.05, 4.69) is 10.1 Å². The van der Waals surface area contributed by atoms with Crippen LogP contribution in [0.1, 0.15) is 27.2 Å². The number of rotatable bonds is 6. The number of esters is 1. The first-order valence-electron chi connectivity index (χ1n) is 5.22. The van der Waals surface area contributed by atoms with Gasteiger partial charge in [-0.3, -0.25) is 9.59 Å². The maximum absolute atomic E-state index is 11.6. The Morgan fingerprint density at radius 1 is 1.35 bits per heavy atom. The lowest BCUT2D eigenvalue weighted by Gasteiger charge is -2.26. The first-order valence-corrected chi connectivity index (χ1v) is 5.22. The molecule has 2 amide bonds. The second-order valence-electron chi connectivity index (χ2n) is 4.25.